The molecule has 1 N–H and O–H groups in total. The van der Waals surface area contributed by atoms with Crippen molar-refractivity contribution in [3.63, 3.8) is 0 Å². The lowest BCUT2D eigenvalue weighted by atomic mass is 10.2. The molecule has 0 saturated heterocycles. The summed E-state index contributed by atoms with van der Waals surface area (Å²) in [4.78, 5) is 0. The number of para-hydroxylation sites is 3. The highest BCUT2D eigenvalue weighted by atomic mass is 32.2. The third-order valence-corrected chi connectivity index (χ3v) is 5.02. The Morgan fingerprint density at radius 2 is 1.59 bits per heavy atom. The second kappa shape index (κ2) is 6.46. The number of halogens is 1. The van der Waals surface area contributed by atoms with Gasteiger partial charge in [-0.25, -0.2) is 12.9 Å². The first-order valence-electron chi connectivity index (χ1n) is 7.18. The number of unbranched alkanes of at least 4 members (excludes halogenated alkanes) is 1. The molecule has 6 heteroatoms. The van der Waals surface area contributed by atoms with E-state index in [-0.39, 0.29) is 6.61 Å². The van der Waals surface area contributed by atoms with Crippen molar-refractivity contribution < 1.29 is 13.7 Å². The zero-order chi connectivity index (χ0) is 15.5. The maximum atomic E-state index is 14.1. The zero-order valence-electron chi connectivity index (χ0n) is 12.0. The summed E-state index contributed by atoms with van der Waals surface area (Å²) < 4.78 is 30.2. The summed E-state index contributed by atoms with van der Waals surface area (Å²) in [5.74, 6) is -0.400. The molecule has 0 amide bonds. The molecule has 1 heterocycles. The summed E-state index contributed by atoms with van der Waals surface area (Å²) >= 11 is -1.51. The molecule has 1 aliphatic heterocycles. The van der Waals surface area contributed by atoms with Crippen molar-refractivity contribution in [3.8, 4) is 0 Å². The van der Waals surface area contributed by atoms with Gasteiger partial charge in [-0.3, -0.25) is 4.31 Å². The SMILES string of the molecule is O=S1N(CCCCO)c2ccccc2N1c1ccccc1F. The number of aliphatic hydroxyl groups excluding tert-OH is 1. The van der Waals surface area contributed by atoms with Crippen LogP contribution in [0.4, 0.5) is 21.5 Å². The van der Waals surface area contributed by atoms with Crippen LogP contribution in [0, 0.1) is 5.82 Å². The van der Waals surface area contributed by atoms with Gasteiger partial charge in [0.15, 0.2) is 0 Å². The molecule has 1 aliphatic rings. The van der Waals surface area contributed by atoms with Crippen LogP contribution >= 0.6 is 0 Å². The van der Waals surface area contributed by atoms with Crippen molar-refractivity contribution in [1.82, 2.24) is 0 Å². The molecule has 0 aliphatic carbocycles. The quantitative estimate of drug-likeness (QED) is 0.860. The third kappa shape index (κ3) is 2.60. The van der Waals surface area contributed by atoms with E-state index in [0.717, 1.165) is 17.8 Å². The molecule has 0 bridgehead atoms. The van der Waals surface area contributed by atoms with Crippen molar-refractivity contribution in [2.24, 2.45) is 0 Å². The Kier molecular flexibility index (Phi) is 4.40. The lowest BCUT2D eigenvalue weighted by Crippen LogP contribution is -2.30. The van der Waals surface area contributed by atoms with E-state index in [1.165, 1.54) is 10.4 Å². The molecule has 2 aromatic carbocycles. The topological polar surface area (TPSA) is 43.8 Å². The molecule has 4 nitrogen and oxygen atoms in total. The van der Waals surface area contributed by atoms with Crippen LogP contribution in [0.25, 0.3) is 0 Å². The Labute approximate surface area is 131 Å². The summed E-state index contributed by atoms with van der Waals surface area (Å²) in [7, 11) is 0. The highest BCUT2D eigenvalue weighted by Gasteiger charge is 2.35. The Morgan fingerprint density at radius 3 is 2.27 bits per heavy atom. The van der Waals surface area contributed by atoms with Crippen LogP contribution in [0.2, 0.25) is 0 Å². The van der Waals surface area contributed by atoms with Crippen molar-refractivity contribution in [2.75, 3.05) is 21.8 Å². The normalized spacial score (nSPS) is 16.9. The molecule has 2 aromatic rings. The van der Waals surface area contributed by atoms with E-state index in [1.807, 2.05) is 24.3 Å². The van der Waals surface area contributed by atoms with Crippen molar-refractivity contribution in [3.05, 3.63) is 54.3 Å². The molecule has 22 heavy (non-hydrogen) atoms. The smallest absolute Gasteiger partial charge is 0.230 e. The van der Waals surface area contributed by atoms with Crippen LogP contribution in [-0.4, -0.2) is 22.5 Å². The molecule has 0 fully saturated rings. The standard InChI is InChI=1S/C16H17FN2O2S/c17-13-7-1-2-8-14(13)19-16-10-4-3-9-15(16)18(22(19)21)11-5-6-12-20/h1-4,7-10,20H,5-6,11-12H2. The highest BCUT2D eigenvalue weighted by molar-refractivity contribution is 7.88. The fraction of sp³-hybridized carbons (Fsp3) is 0.250. The van der Waals surface area contributed by atoms with E-state index in [9.17, 15) is 8.60 Å². The maximum Gasteiger partial charge on any atom is 0.230 e. The monoisotopic (exact) mass is 320 g/mol. The van der Waals surface area contributed by atoms with Gasteiger partial charge < -0.3 is 5.11 Å². The summed E-state index contributed by atoms with van der Waals surface area (Å²) in [6.07, 6.45) is 1.37. The average molecular weight is 320 g/mol. The first-order chi connectivity index (χ1) is 10.7. The number of hydrogen-bond donors (Lipinski definition) is 1. The molecular formula is C16H17FN2O2S. The van der Waals surface area contributed by atoms with Crippen LogP contribution in [0.5, 0.6) is 0 Å². The minimum atomic E-state index is -1.51. The largest absolute Gasteiger partial charge is 0.396 e. The lowest BCUT2D eigenvalue weighted by molar-refractivity contribution is 0.285. The van der Waals surface area contributed by atoms with Crippen LogP contribution < -0.4 is 8.61 Å². The first kappa shape index (κ1) is 15.0. The van der Waals surface area contributed by atoms with E-state index in [1.54, 1.807) is 22.5 Å². The van der Waals surface area contributed by atoms with Crippen LogP contribution in [0.3, 0.4) is 0 Å². The number of rotatable bonds is 5. The van der Waals surface area contributed by atoms with Gasteiger partial charge in [0.05, 0.1) is 17.1 Å². The predicted molar refractivity (Wildman–Crippen MR) is 86.8 cm³/mol. The Bertz CT molecular complexity index is 695. The van der Waals surface area contributed by atoms with Crippen LogP contribution in [-0.2, 0) is 11.2 Å². The molecule has 0 spiro atoms. The molecule has 0 saturated carbocycles. The molecule has 1 unspecified atom stereocenters. The Hall–Kier alpha value is -1.92. The van der Waals surface area contributed by atoms with E-state index in [4.69, 9.17) is 5.11 Å². The number of hydrogen-bond acceptors (Lipinski definition) is 2. The van der Waals surface area contributed by atoms with Gasteiger partial charge in [0.2, 0.25) is 11.2 Å². The fourth-order valence-electron chi connectivity index (χ4n) is 2.51. The van der Waals surface area contributed by atoms with Crippen molar-refractivity contribution in [2.45, 2.75) is 12.8 Å². The van der Waals surface area contributed by atoms with Crippen LogP contribution in [0.1, 0.15) is 12.8 Å². The Morgan fingerprint density at radius 1 is 0.955 bits per heavy atom. The summed E-state index contributed by atoms with van der Waals surface area (Å²) in [6, 6.07) is 13.8. The summed E-state index contributed by atoms with van der Waals surface area (Å²) in [5, 5.41) is 8.91. The molecule has 1 atom stereocenters. The molecule has 3 rings (SSSR count). The van der Waals surface area contributed by atoms with Gasteiger partial charge >= 0.3 is 0 Å². The van der Waals surface area contributed by atoms with Crippen LogP contribution in [0.15, 0.2) is 48.5 Å². The van der Waals surface area contributed by atoms with Gasteiger partial charge in [0, 0.05) is 13.2 Å². The number of nitrogens with zero attached hydrogens (tertiary/aromatic N) is 2. The minimum Gasteiger partial charge on any atom is -0.396 e. The van der Waals surface area contributed by atoms with Crippen molar-refractivity contribution >= 4 is 28.2 Å². The van der Waals surface area contributed by atoms with Gasteiger partial charge in [0.25, 0.3) is 0 Å². The van der Waals surface area contributed by atoms with Gasteiger partial charge in [-0.15, -0.1) is 0 Å². The first-order valence-corrected chi connectivity index (χ1v) is 8.24. The van der Waals surface area contributed by atoms with Gasteiger partial charge in [0.1, 0.15) is 5.82 Å². The number of anilines is 3. The summed E-state index contributed by atoms with van der Waals surface area (Å²) in [5.41, 5.74) is 1.86. The van der Waals surface area contributed by atoms with E-state index in [2.05, 4.69) is 0 Å². The molecule has 116 valence electrons. The lowest BCUT2D eigenvalue weighted by Gasteiger charge is -2.20. The van der Waals surface area contributed by atoms with Crippen molar-refractivity contribution in [1.29, 1.82) is 0 Å². The predicted octanol–water partition coefficient (Wildman–Crippen LogP) is 3.14. The molecular weight excluding hydrogens is 303 g/mol. The zero-order valence-corrected chi connectivity index (χ0v) is 12.8. The average Bonchev–Trinajstić information content (AvgIpc) is 2.81. The molecule has 0 aromatic heterocycles. The highest BCUT2D eigenvalue weighted by Crippen LogP contribution is 2.43. The number of benzene rings is 2. The van der Waals surface area contributed by atoms with Gasteiger partial charge in [-0.05, 0) is 37.1 Å². The second-order valence-corrected chi connectivity index (χ2v) is 6.27. The minimum absolute atomic E-state index is 0.110. The third-order valence-electron chi connectivity index (χ3n) is 3.55. The molecule has 0 radical (unpaired) electrons. The second-order valence-electron chi connectivity index (χ2n) is 5.00. The number of fused-ring (bicyclic) bond motifs is 1. The van der Waals surface area contributed by atoms with Gasteiger partial charge in [-0.1, -0.05) is 24.3 Å². The fourth-order valence-corrected chi connectivity index (χ4v) is 3.95. The summed E-state index contributed by atoms with van der Waals surface area (Å²) in [6.45, 7) is 0.661. The number of aliphatic hydroxyl groups is 1. The van der Waals surface area contributed by atoms with E-state index in [0.29, 0.717) is 18.7 Å². The maximum absolute atomic E-state index is 14.1. The van der Waals surface area contributed by atoms with E-state index < -0.39 is 17.0 Å². The van der Waals surface area contributed by atoms with Gasteiger partial charge in [-0.2, -0.15) is 0 Å². The Balaban J connectivity index is 1.99. The van der Waals surface area contributed by atoms with E-state index >= 15 is 0 Å².